The molecule has 0 heterocycles. The number of ether oxygens (including phenoxy) is 1. The van der Waals surface area contributed by atoms with E-state index in [0.29, 0.717) is 5.75 Å². The van der Waals surface area contributed by atoms with Crippen molar-refractivity contribution in [3.63, 3.8) is 0 Å². The molecule has 0 spiro atoms. The second-order valence-corrected chi connectivity index (χ2v) is 3.42. The van der Waals surface area contributed by atoms with Crippen molar-refractivity contribution in [2.45, 2.75) is 13.0 Å². The summed E-state index contributed by atoms with van der Waals surface area (Å²) in [4.78, 5) is 10.2. The fourth-order valence-corrected chi connectivity index (χ4v) is 1.17. The first kappa shape index (κ1) is 12.3. The lowest BCUT2D eigenvalue weighted by molar-refractivity contribution is 0.104. The number of aliphatic hydroxyl groups excluding tert-OH is 1. The number of hydrogen-bond acceptors (Lipinski definition) is 3. The number of hydrogen-bond donors (Lipinski definition) is 3. The van der Waals surface area contributed by atoms with E-state index in [1.807, 2.05) is 25.1 Å². The highest BCUT2D eigenvalue weighted by Gasteiger charge is 2.07. The monoisotopic (exact) mass is 225 g/mol. The highest BCUT2D eigenvalue weighted by Crippen LogP contribution is 2.15. The predicted molar refractivity (Wildman–Crippen MR) is 58.7 cm³/mol. The van der Waals surface area contributed by atoms with Gasteiger partial charge in [0.1, 0.15) is 18.5 Å². The van der Waals surface area contributed by atoms with E-state index >= 15 is 0 Å². The third-order valence-corrected chi connectivity index (χ3v) is 2.01. The summed E-state index contributed by atoms with van der Waals surface area (Å²) < 4.78 is 5.35. The molecule has 1 aromatic rings. The Kier molecular flexibility index (Phi) is 4.60. The maximum absolute atomic E-state index is 10.2. The minimum atomic E-state index is -1.16. The van der Waals surface area contributed by atoms with Crippen LogP contribution < -0.4 is 10.1 Å². The van der Waals surface area contributed by atoms with Crippen molar-refractivity contribution in [1.29, 1.82) is 0 Å². The van der Waals surface area contributed by atoms with Crippen molar-refractivity contribution in [2.24, 2.45) is 0 Å². The van der Waals surface area contributed by atoms with Crippen molar-refractivity contribution < 1.29 is 19.7 Å². The van der Waals surface area contributed by atoms with Gasteiger partial charge < -0.3 is 20.3 Å². The lowest BCUT2D eigenvalue weighted by Gasteiger charge is -2.13. The number of aliphatic hydroxyl groups is 1. The largest absolute Gasteiger partial charge is 0.491 e. The molecule has 1 unspecified atom stereocenters. The van der Waals surface area contributed by atoms with E-state index in [4.69, 9.17) is 9.84 Å². The van der Waals surface area contributed by atoms with E-state index in [1.165, 1.54) is 0 Å². The van der Waals surface area contributed by atoms with Crippen LogP contribution in [0.4, 0.5) is 4.79 Å². The molecule has 5 nitrogen and oxygen atoms in total. The van der Waals surface area contributed by atoms with Crippen molar-refractivity contribution in [1.82, 2.24) is 5.32 Å². The fraction of sp³-hybridized carbons (Fsp3) is 0.364. The molecule has 0 bridgehead atoms. The zero-order valence-corrected chi connectivity index (χ0v) is 9.01. The first-order chi connectivity index (χ1) is 7.59. The zero-order valence-electron chi connectivity index (χ0n) is 9.01. The highest BCUT2D eigenvalue weighted by molar-refractivity contribution is 5.64. The molecule has 3 N–H and O–H groups in total. The molecule has 0 saturated carbocycles. The van der Waals surface area contributed by atoms with Crippen LogP contribution in [-0.4, -0.2) is 35.6 Å². The minimum Gasteiger partial charge on any atom is -0.491 e. The maximum atomic E-state index is 10.2. The van der Waals surface area contributed by atoms with Crippen LogP contribution in [-0.2, 0) is 0 Å². The average Bonchev–Trinajstić information content (AvgIpc) is 2.25. The van der Waals surface area contributed by atoms with Crippen LogP contribution in [0, 0.1) is 6.92 Å². The molecule has 1 rings (SSSR count). The van der Waals surface area contributed by atoms with E-state index in [0.717, 1.165) is 5.56 Å². The van der Waals surface area contributed by atoms with Gasteiger partial charge in [-0.15, -0.1) is 0 Å². The number of rotatable bonds is 5. The Bertz CT molecular complexity index is 354. The molecule has 0 aromatic heterocycles. The average molecular weight is 225 g/mol. The number of amides is 1. The number of aryl methyl sites for hydroxylation is 1. The highest BCUT2D eigenvalue weighted by atomic mass is 16.5. The molecule has 88 valence electrons. The Morgan fingerprint density at radius 2 is 2.19 bits per heavy atom. The Hall–Kier alpha value is -1.75. The molecular formula is C11H15NO4. The van der Waals surface area contributed by atoms with Gasteiger partial charge in [-0.2, -0.15) is 0 Å². The van der Waals surface area contributed by atoms with Crippen molar-refractivity contribution in [2.75, 3.05) is 13.2 Å². The Morgan fingerprint density at radius 3 is 2.81 bits per heavy atom. The molecule has 16 heavy (non-hydrogen) atoms. The molecule has 0 aliphatic heterocycles. The summed E-state index contributed by atoms with van der Waals surface area (Å²) in [6.45, 7) is 1.92. The van der Waals surface area contributed by atoms with E-state index in [9.17, 15) is 9.90 Å². The Balaban J connectivity index is 2.34. The summed E-state index contributed by atoms with van der Waals surface area (Å²) in [5.74, 6) is 0.692. The molecular weight excluding hydrogens is 210 g/mol. The van der Waals surface area contributed by atoms with Gasteiger partial charge in [0, 0.05) is 0 Å². The summed E-state index contributed by atoms with van der Waals surface area (Å²) in [6, 6.07) is 7.43. The van der Waals surface area contributed by atoms with Gasteiger partial charge in [0.2, 0.25) is 0 Å². The zero-order chi connectivity index (χ0) is 12.0. The van der Waals surface area contributed by atoms with Gasteiger partial charge in [0.15, 0.2) is 0 Å². The standard InChI is InChI=1S/C11H15NO4/c1-8-4-2-3-5-10(8)16-7-9(13)6-12-11(14)15/h2-5,9,12-13H,6-7H2,1H3,(H,14,15). The van der Waals surface area contributed by atoms with Gasteiger partial charge in [0.25, 0.3) is 0 Å². The number of para-hydroxylation sites is 1. The smallest absolute Gasteiger partial charge is 0.404 e. The van der Waals surface area contributed by atoms with Crippen molar-refractivity contribution in [3.05, 3.63) is 29.8 Å². The maximum Gasteiger partial charge on any atom is 0.404 e. The summed E-state index contributed by atoms with van der Waals surface area (Å²) in [5, 5.41) is 19.8. The predicted octanol–water partition coefficient (Wildman–Crippen LogP) is 1.00. The topological polar surface area (TPSA) is 78.8 Å². The van der Waals surface area contributed by atoms with E-state index in [1.54, 1.807) is 6.07 Å². The van der Waals surface area contributed by atoms with Gasteiger partial charge in [-0.05, 0) is 18.6 Å². The fourth-order valence-electron chi connectivity index (χ4n) is 1.17. The van der Waals surface area contributed by atoms with Crippen LogP contribution in [0.2, 0.25) is 0 Å². The number of carboxylic acid groups (broad SMARTS) is 1. The van der Waals surface area contributed by atoms with E-state index < -0.39 is 12.2 Å². The Labute approximate surface area is 93.7 Å². The van der Waals surface area contributed by atoms with Crippen molar-refractivity contribution in [3.8, 4) is 5.75 Å². The molecule has 1 atom stereocenters. The summed E-state index contributed by atoms with van der Waals surface area (Å²) in [6.07, 6.45) is -2.01. The normalized spacial score (nSPS) is 11.9. The molecule has 0 saturated heterocycles. The van der Waals surface area contributed by atoms with E-state index in [-0.39, 0.29) is 13.2 Å². The lowest BCUT2D eigenvalue weighted by Crippen LogP contribution is -2.34. The van der Waals surface area contributed by atoms with Crippen LogP contribution in [0.15, 0.2) is 24.3 Å². The third-order valence-electron chi connectivity index (χ3n) is 2.01. The number of benzene rings is 1. The molecule has 5 heteroatoms. The summed E-state index contributed by atoms with van der Waals surface area (Å²) in [5.41, 5.74) is 0.973. The van der Waals surface area contributed by atoms with Gasteiger partial charge >= 0.3 is 6.09 Å². The first-order valence-corrected chi connectivity index (χ1v) is 4.93. The van der Waals surface area contributed by atoms with Gasteiger partial charge in [0.05, 0.1) is 6.54 Å². The molecule has 0 fully saturated rings. The van der Waals surface area contributed by atoms with Crippen LogP contribution in [0.1, 0.15) is 5.56 Å². The van der Waals surface area contributed by atoms with Gasteiger partial charge in [-0.25, -0.2) is 4.79 Å². The second-order valence-electron chi connectivity index (χ2n) is 3.42. The van der Waals surface area contributed by atoms with Crippen LogP contribution in [0.25, 0.3) is 0 Å². The van der Waals surface area contributed by atoms with Crippen molar-refractivity contribution >= 4 is 6.09 Å². The van der Waals surface area contributed by atoms with Gasteiger partial charge in [-0.1, -0.05) is 18.2 Å². The van der Waals surface area contributed by atoms with Crippen LogP contribution >= 0.6 is 0 Å². The summed E-state index contributed by atoms with van der Waals surface area (Å²) in [7, 11) is 0. The second kappa shape index (κ2) is 5.97. The third kappa shape index (κ3) is 4.18. The minimum absolute atomic E-state index is 0.0405. The first-order valence-electron chi connectivity index (χ1n) is 4.93. The molecule has 0 radical (unpaired) electrons. The lowest BCUT2D eigenvalue weighted by atomic mass is 10.2. The SMILES string of the molecule is Cc1ccccc1OCC(O)CNC(=O)O. The molecule has 1 aromatic carbocycles. The molecule has 0 aliphatic carbocycles. The van der Waals surface area contributed by atoms with Crippen LogP contribution in [0.3, 0.4) is 0 Å². The van der Waals surface area contributed by atoms with Crippen LogP contribution in [0.5, 0.6) is 5.75 Å². The summed E-state index contributed by atoms with van der Waals surface area (Å²) >= 11 is 0. The number of carbonyl (C=O) groups is 1. The van der Waals surface area contributed by atoms with E-state index in [2.05, 4.69) is 5.32 Å². The number of nitrogens with one attached hydrogen (secondary N) is 1. The molecule has 1 amide bonds. The van der Waals surface area contributed by atoms with Gasteiger partial charge in [-0.3, -0.25) is 0 Å². The quantitative estimate of drug-likeness (QED) is 0.698. The molecule has 0 aliphatic rings. The Morgan fingerprint density at radius 1 is 1.50 bits per heavy atom.